The van der Waals surface area contributed by atoms with Gasteiger partial charge in [0.1, 0.15) is 19.0 Å². The van der Waals surface area contributed by atoms with Crippen molar-refractivity contribution in [3.8, 4) is 5.75 Å². The fourth-order valence-corrected chi connectivity index (χ4v) is 1.35. The number of benzene rings is 1. The first-order valence-electron chi connectivity index (χ1n) is 6.22. The molecule has 1 rings (SSSR count). The van der Waals surface area contributed by atoms with Crippen LogP contribution in [0.2, 0.25) is 0 Å². The van der Waals surface area contributed by atoms with Crippen LogP contribution in [-0.4, -0.2) is 57.9 Å². The van der Waals surface area contributed by atoms with E-state index in [0.717, 1.165) is 5.75 Å². The molecular formula is C14H21NO4. The molecule has 5 heteroatoms. The maximum absolute atomic E-state index is 11.7. The topological polar surface area (TPSA) is 48.0 Å². The number of para-hydroxylation sites is 1. The molecule has 0 fully saturated rings. The number of carbonyl (C=O) groups excluding carboxylic acids is 1. The number of nitrogens with zero attached hydrogens (tertiary/aromatic N) is 1. The normalized spacial score (nSPS) is 10.2. The molecule has 5 nitrogen and oxygen atoms in total. The molecule has 0 heterocycles. The van der Waals surface area contributed by atoms with E-state index < -0.39 is 0 Å². The number of methoxy groups -OCH3 is 1. The first-order valence-corrected chi connectivity index (χ1v) is 6.22. The molecule has 0 saturated heterocycles. The van der Waals surface area contributed by atoms with Crippen LogP contribution in [0.15, 0.2) is 30.3 Å². The lowest BCUT2D eigenvalue weighted by atomic mass is 10.3. The van der Waals surface area contributed by atoms with E-state index in [1.807, 2.05) is 30.3 Å². The van der Waals surface area contributed by atoms with E-state index in [-0.39, 0.29) is 12.5 Å². The Bertz CT molecular complexity index is 356. The SMILES string of the molecule is COCCOCC(=O)N(C)CCOc1ccccc1. The standard InChI is InChI=1S/C14H21NO4/c1-15(14(16)12-18-11-10-17-2)8-9-19-13-6-4-3-5-7-13/h3-7H,8-12H2,1-2H3. The second-order valence-corrected chi connectivity index (χ2v) is 4.02. The third-order valence-corrected chi connectivity index (χ3v) is 2.52. The van der Waals surface area contributed by atoms with E-state index >= 15 is 0 Å². The van der Waals surface area contributed by atoms with Crippen LogP contribution in [0.25, 0.3) is 0 Å². The molecule has 19 heavy (non-hydrogen) atoms. The number of hydrogen-bond donors (Lipinski definition) is 0. The number of carbonyl (C=O) groups is 1. The third-order valence-electron chi connectivity index (χ3n) is 2.52. The minimum Gasteiger partial charge on any atom is -0.492 e. The summed E-state index contributed by atoms with van der Waals surface area (Å²) in [5, 5.41) is 0. The van der Waals surface area contributed by atoms with Gasteiger partial charge in [0.25, 0.3) is 0 Å². The van der Waals surface area contributed by atoms with Gasteiger partial charge in [-0.05, 0) is 12.1 Å². The van der Waals surface area contributed by atoms with Crippen molar-refractivity contribution in [3.63, 3.8) is 0 Å². The van der Waals surface area contributed by atoms with E-state index in [2.05, 4.69) is 0 Å². The zero-order valence-corrected chi connectivity index (χ0v) is 11.5. The second-order valence-electron chi connectivity index (χ2n) is 4.02. The van der Waals surface area contributed by atoms with Crippen LogP contribution in [0.4, 0.5) is 0 Å². The summed E-state index contributed by atoms with van der Waals surface area (Å²) in [5.74, 6) is 0.743. The third kappa shape index (κ3) is 6.79. The van der Waals surface area contributed by atoms with Gasteiger partial charge in [-0.3, -0.25) is 4.79 Å². The molecule has 0 N–H and O–H groups in total. The average Bonchev–Trinajstić information content (AvgIpc) is 2.44. The molecule has 0 saturated carbocycles. The lowest BCUT2D eigenvalue weighted by molar-refractivity contribution is -0.135. The van der Waals surface area contributed by atoms with E-state index in [1.54, 1.807) is 19.1 Å². The molecule has 1 aromatic rings. The molecule has 0 atom stereocenters. The molecule has 0 aliphatic rings. The van der Waals surface area contributed by atoms with Crippen molar-refractivity contribution in [2.45, 2.75) is 0 Å². The van der Waals surface area contributed by atoms with Crippen molar-refractivity contribution in [3.05, 3.63) is 30.3 Å². The highest BCUT2D eigenvalue weighted by Gasteiger charge is 2.08. The van der Waals surface area contributed by atoms with Crippen LogP contribution >= 0.6 is 0 Å². The summed E-state index contributed by atoms with van der Waals surface area (Å²) in [6.45, 7) is 1.99. The van der Waals surface area contributed by atoms with Crippen molar-refractivity contribution >= 4 is 5.91 Å². The van der Waals surface area contributed by atoms with Gasteiger partial charge in [0.15, 0.2) is 0 Å². The van der Waals surface area contributed by atoms with E-state index in [4.69, 9.17) is 14.2 Å². The molecule has 106 valence electrons. The van der Waals surface area contributed by atoms with Gasteiger partial charge in [0.05, 0.1) is 19.8 Å². The Morgan fingerprint density at radius 2 is 1.89 bits per heavy atom. The van der Waals surface area contributed by atoms with Crippen molar-refractivity contribution < 1.29 is 19.0 Å². The molecule has 0 aliphatic carbocycles. The minimum absolute atomic E-state index is 0.0623. The van der Waals surface area contributed by atoms with Gasteiger partial charge in [0.2, 0.25) is 5.91 Å². The Balaban J connectivity index is 2.12. The van der Waals surface area contributed by atoms with E-state index in [9.17, 15) is 4.79 Å². The molecule has 0 unspecified atom stereocenters. The van der Waals surface area contributed by atoms with Crippen LogP contribution in [0.3, 0.4) is 0 Å². The van der Waals surface area contributed by atoms with Gasteiger partial charge < -0.3 is 19.1 Å². The highest BCUT2D eigenvalue weighted by atomic mass is 16.5. The Morgan fingerprint density at radius 1 is 1.16 bits per heavy atom. The van der Waals surface area contributed by atoms with Gasteiger partial charge in [0, 0.05) is 14.2 Å². The summed E-state index contributed by atoms with van der Waals surface area (Å²) < 4.78 is 15.5. The molecule has 0 radical (unpaired) electrons. The monoisotopic (exact) mass is 267 g/mol. The smallest absolute Gasteiger partial charge is 0.248 e. The summed E-state index contributed by atoms with van der Waals surface area (Å²) in [6, 6.07) is 9.52. The van der Waals surface area contributed by atoms with E-state index in [0.29, 0.717) is 26.4 Å². The molecule has 0 aliphatic heterocycles. The lowest BCUT2D eigenvalue weighted by Crippen LogP contribution is -2.34. The Hall–Kier alpha value is -1.59. The van der Waals surface area contributed by atoms with Crippen molar-refractivity contribution in [1.82, 2.24) is 4.90 Å². The summed E-state index contributed by atoms with van der Waals surface area (Å²) in [4.78, 5) is 13.2. The zero-order valence-electron chi connectivity index (χ0n) is 11.5. The number of rotatable bonds is 9. The minimum atomic E-state index is -0.0623. The van der Waals surface area contributed by atoms with E-state index in [1.165, 1.54) is 0 Å². The molecule has 0 aromatic heterocycles. The Morgan fingerprint density at radius 3 is 2.58 bits per heavy atom. The summed E-state index contributed by atoms with van der Waals surface area (Å²) in [6.07, 6.45) is 0. The maximum atomic E-state index is 11.7. The number of hydrogen-bond acceptors (Lipinski definition) is 4. The molecule has 1 amide bonds. The van der Waals surface area contributed by atoms with Gasteiger partial charge in [-0.2, -0.15) is 0 Å². The molecule has 0 bridgehead atoms. The summed E-state index contributed by atoms with van der Waals surface area (Å²) in [7, 11) is 3.33. The molecular weight excluding hydrogens is 246 g/mol. The van der Waals surface area contributed by atoms with Gasteiger partial charge in [-0.1, -0.05) is 18.2 Å². The predicted octanol–water partition coefficient (Wildman–Crippen LogP) is 1.19. The van der Waals surface area contributed by atoms with Gasteiger partial charge >= 0.3 is 0 Å². The number of amides is 1. The van der Waals surface area contributed by atoms with Crippen LogP contribution in [0.5, 0.6) is 5.75 Å². The Labute approximate surface area is 114 Å². The Kier molecular flexibility index (Phi) is 7.62. The quantitative estimate of drug-likeness (QED) is 0.631. The number of likely N-dealkylation sites (N-methyl/N-ethyl adjacent to an activating group) is 1. The fraction of sp³-hybridized carbons (Fsp3) is 0.500. The largest absolute Gasteiger partial charge is 0.492 e. The fourth-order valence-electron chi connectivity index (χ4n) is 1.35. The molecule has 1 aromatic carbocycles. The summed E-state index contributed by atoms with van der Waals surface area (Å²) >= 11 is 0. The highest BCUT2D eigenvalue weighted by molar-refractivity contribution is 5.77. The van der Waals surface area contributed by atoms with Gasteiger partial charge in [-0.25, -0.2) is 0 Å². The number of ether oxygens (including phenoxy) is 3. The first kappa shape index (κ1) is 15.5. The van der Waals surface area contributed by atoms with Gasteiger partial charge in [-0.15, -0.1) is 0 Å². The second kappa shape index (κ2) is 9.35. The van der Waals surface area contributed by atoms with Crippen molar-refractivity contribution in [2.24, 2.45) is 0 Å². The van der Waals surface area contributed by atoms with Crippen LogP contribution in [-0.2, 0) is 14.3 Å². The van der Waals surface area contributed by atoms with Crippen molar-refractivity contribution in [1.29, 1.82) is 0 Å². The summed E-state index contributed by atoms with van der Waals surface area (Å²) in [5.41, 5.74) is 0. The average molecular weight is 267 g/mol. The first-order chi connectivity index (χ1) is 9.24. The maximum Gasteiger partial charge on any atom is 0.248 e. The highest BCUT2D eigenvalue weighted by Crippen LogP contribution is 2.07. The lowest BCUT2D eigenvalue weighted by Gasteiger charge is -2.17. The van der Waals surface area contributed by atoms with Crippen LogP contribution < -0.4 is 4.74 Å². The van der Waals surface area contributed by atoms with Crippen LogP contribution in [0, 0.1) is 0 Å². The van der Waals surface area contributed by atoms with Crippen molar-refractivity contribution in [2.75, 3.05) is 47.1 Å². The predicted molar refractivity (Wildman–Crippen MR) is 72.3 cm³/mol. The molecule has 0 spiro atoms. The van der Waals surface area contributed by atoms with Crippen LogP contribution in [0.1, 0.15) is 0 Å². The zero-order chi connectivity index (χ0) is 13.9.